The number of hydrogen-bond donors (Lipinski definition) is 0. The second-order valence-electron chi connectivity index (χ2n) is 5.39. The highest BCUT2D eigenvalue weighted by atomic mass is 15.1. The zero-order chi connectivity index (χ0) is 13.9. The van der Waals surface area contributed by atoms with E-state index in [-0.39, 0.29) is 0 Å². The van der Waals surface area contributed by atoms with Gasteiger partial charge in [0.25, 0.3) is 0 Å². The van der Waals surface area contributed by atoms with Crippen molar-refractivity contribution in [1.29, 1.82) is 5.26 Å². The summed E-state index contributed by atoms with van der Waals surface area (Å²) in [5, 5.41) is 9.31. The molecule has 1 aliphatic heterocycles. The van der Waals surface area contributed by atoms with Gasteiger partial charge in [0, 0.05) is 13.1 Å². The van der Waals surface area contributed by atoms with Crippen molar-refractivity contribution in [2.45, 2.75) is 19.8 Å². The van der Waals surface area contributed by atoms with Gasteiger partial charge in [-0.2, -0.15) is 5.26 Å². The Morgan fingerprint density at radius 1 is 1.00 bits per heavy atom. The fraction of sp³-hybridized carbons (Fsp3) is 0.278. The summed E-state index contributed by atoms with van der Waals surface area (Å²) in [7, 11) is 0. The minimum absolute atomic E-state index is 0.779. The average Bonchev–Trinajstić information content (AvgIpc) is 2.70. The van der Waals surface area contributed by atoms with E-state index in [2.05, 4.69) is 48.2 Å². The summed E-state index contributed by atoms with van der Waals surface area (Å²) >= 11 is 0. The molecule has 2 heteroatoms. The Morgan fingerprint density at radius 3 is 2.25 bits per heavy atom. The zero-order valence-corrected chi connectivity index (χ0v) is 11.8. The van der Waals surface area contributed by atoms with Crippen molar-refractivity contribution in [3.8, 4) is 6.07 Å². The molecule has 0 radical (unpaired) electrons. The van der Waals surface area contributed by atoms with Gasteiger partial charge in [-0.1, -0.05) is 30.3 Å². The lowest BCUT2D eigenvalue weighted by Gasteiger charge is -2.24. The molecule has 0 bridgehead atoms. The van der Waals surface area contributed by atoms with E-state index in [9.17, 15) is 5.26 Å². The molecular formula is C18H18N2. The van der Waals surface area contributed by atoms with Crippen LogP contribution in [0.2, 0.25) is 0 Å². The molecule has 3 rings (SSSR count). The van der Waals surface area contributed by atoms with Gasteiger partial charge in [0.1, 0.15) is 6.07 Å². The SMILES string of the molecule is Cc1ccc(C#N)c(N2CCc3ccccc3CC2)c1. The molecule has 2 nitrogen and oxygen atoms in total. The standard InChI is InChI=1S/C18H18N2/c1-14-6-7-17(13-19)18(12-14)20-10-8-15-4-2-3-5-16(15)9-11-20/h2-7,12H,8-11H2,1H3. The van der Waals surface area contributed by atoms with Crippen LogP contribution >= 0.6 is 0 Å². The highest BCUT2D eigenvalue weighted by Gasteiger charge is 2.16. The summed E-state index contributed by atoms with van der Waals surface area (Å²) in [5.41, 5.74) is 5.96. The van der Waals surface area contributed by atoms with Crippen LogP contribution < -0.4 is 4.90 Å². The molecule has 20 heavy (non-hydrogen) atoms. The lowest BCUT2D eigenvalue weighted by Crippen LogP contribution is -2.26. The summed E-state index contributed by atoms with van der Waals surface area (Å²) in [6.45, 7) is 4.04. The van der Waals surface area contributed by atoms with Crippen LogP contribution in [0.25, 0.3) is 0 Å². The Balaban J connectivity index is 1.91. The van der Waals surface area contributed by atoms with Crippen molar-refractivity contribution in [1.82, 2.24) is 0 Å². The highest BCUT2D eigenvalue weighted by Crippen LogP contribution is 2.25. The second kappa shape index (κ2) is 5.38. The molecule has 0 N–H and O–H groups in total. The van der Waals surface area contributed by atoms with E-state index in [0.717, 1.165) is 37.2 Å². The molecule has 0 saturated heterocycles. The topological polar surface area (TPSA) is 27.0 Å². The summed E-state index contributed by atoms with van der Waals surface area (Å²) < 4.78 is 0. The van der Waals surface area contributed by atoms with E-state index in [1.807, 2.05) is 12.1 Å². The van der Waals surface area contributed by atoms with Crippen molar-refractivity contribution in [2.75, 3.05) is 18.0 Å². The van der Waals surface area contributed by atoms with Crippen LogP contribution in [-0.2, 0) is 12.8 Å². The fourth-order valence-corrected chi connectivity index (χ4v) is 2.91. The third-order valence-electron chi connectivity index (χ3n) is 4.03. The van der Waals surface area contributed by atoms with E-state index in [0.29, 0.717) is 0 Å². The molecule has 0 fully saturated rings. The second-order valence-corrected chi connectivity index (χ2v) is 5.39. The quantitative estimate of drug-likeness (QED) is 0.787. The first kappa shape index (κ1) is 12.7. The Labute approximate surface area is 120 Å². The molecule has 0 spiro atoms. The van der Waals surface area contributed by atoms with Crippen LogP contribution in [0.5, 0.6) is 0 Å². The number of fused-ring (bicyclic) bond motifs is 1. The monoisotopic (exact) mass is 262 g/mol. The fourth-order valence-electron chi connectivity index (χ4n) is 2.91. The summed E-state index contributed by atoms with van der Waals surface area (Å²) in [5.74, 6) is 0. The van der Waals surface area contributed by atoms with Gasteiger partial charge in [-0.25, -0.2) is 0 Å². The molecule has 0 aliphatic carbocycles. The predicted molar refractivity (Wildman–Crippen MR) is 82.0 cm³/mol. The van der Waals surface area contributed by atoms with Crippen molar-refractivity contribution in [3.63, 3.8) is 0 Å². The Morgan fingerprint density at radius 2 is 1.65 bits per heavy atom. The number of anilines is 1. The number of aryl methyl sites for hydroxylation is 1. The van der Waals surface area contributed by atoms with Gasteiger partial charge in [0.05, 0.1) is 11.3 Å². The first-order chi connectivity index (χ1) is 9.78. The molecule has 100 valence electrons. The third kappa shape index (κ3) is 2.40. The van der Waals surface area contributed by atoms with Crippen LogP contribution in [0.4, 0.5) is 5.69 Å². The number of hydrogen-bond acceptors (Lipinski definition) is 2. The van der Waals surface area contributed by atoms with Crippen molar-refractivity contribution < 1.29 is 0 Å². The lowest BCUT2D eigenvalue weighted by molar-refractivity contribution is 0.804. The third-order valence-corrected chi connectivity index (χ3v) is 4.03. The van der Waals surface area contributed by atoms with Crippen molar-refractivity contribution in [3.05, 3.63) is 64.7 Å². The molecule has 0 saturated carbocycles. The summed E-state index contributed by atoms with van der Waals surface area (Å²) in [6.07, 6.45) is 2.10. The lowest BCUT2D eigenvalue weighted by atomic mass is 10.0. The molecule has 0 amide bonds. The number of benzene rings is 2. The maximum atomic E-state index is 9.31. The Kier molecular flexibility index (Phi) is 3.43. The van der Waals surface area contributed by atoms with Gasteiger partial charge >= 0.3 is 0 Å². The van der Waals surface area contributed by atoms with Gasteiger partial charge < -0.3 is 4.90 Å². The van der Waals surface area contributed by atoms with Crippen LogP contribution in [0.3, 0.4) is 0 Å². The van der Waals surface area contributed by atoms with E-state index in [1.165, 1.54) is 16.7 Å². The predicted octanol–water partition coefficient (Wildman–Crippen LogP) is 3.47. The molecule has 0 unspecified atom stereocenters. The maximum Gasteiger partial charge on any atom is 0.101 e. The molecule has 0 atom stereocenters. The zero-order valence-electron chi connectivity index (χ0n) is 11.8. The first-order valence-electron chi connectivity index (χ1n) is 7.10. The first-order valence-corrected chi connectivity index (χ1v) is 7.10. The molecule has 2 aromatic rings. The van der Waals surface area contributed by atoms with Crippen LogP contribution in [0, 0.1) is 18.3 Å². The van der Waals surface area contributed by atoms with Crippen molar-refractivity contribution in [2.24, 2.45) is 0 Å². The minimum atomic E-state index is 0.779. The molecule has 1 aliphatic rings. The Bertz CT molecular complexity index is 640. The largest absolute Gasteiger partial charge is 0.370 e. The summed E-state index contributed by atoms with van der Waals surface area (Å²) in [4.78, 5) is 2.35. The van der Waals surface area contributed by atoms with Gasteiger partial charge in [0.2, 0.25) is 0 Å². The average molecular weight is 262 g/mol. The Hall–Kier alpha value is -2.27. The highest BCUT2D eigenvalue weighted by molar-refractivity contribution is 5.61. The van der Waals surface area contributed by atoms with Gasteiger partial charge in [-0.15, -0.1) is 0 Å². The minimum Gasteiger partial charge on any atom is -0.370 e. The molecule has 0 aromatic heterocycles. The van der Waals surface area contributed by atoms with Crippen molar-refractivity contribution >= 4 is 5.69 Å². The van der Waals surface area contributed by atoms with Gasteiger partial charge in [-0.3, -0.25) is 0 Å². The van der Waals surface area contributed by atoms with E-state index < -0.39 is 0 Å². The molecular weight excluding hydrogens is 244 g/mol. The maximum absolute atomic E-state index is 9.31. The molecule has 1 heterocycles. The number of nitrogens with zero attached hydrogens (tertiary/aromatic N) is 2. The molecule has 2 aromatic carbocycles. The van der Waals surface area contributed by atoms with E-state index in [4.69, 9.17) is 0 Å². The number of nitriles is 1. The number of rotatable bonds is 1. The van der Waals surface area contributed by atoms with Gasteiger partial charge in [0.15, 0.2) is 0 Å². The van der Waals surface area contributed by atoms with Crippen LogP contribution in [0.1, 0.15) is 22.3 Å². The van der Waals surface area contributed by atoms with Crippen LogP contribution in [-0.4, -0.2) is 13.1 Å². The van der Waals surface area contributed by atoms with Crippen LogP contribution in [0.15, 0.2) is 42.5 Å². The van der Waals surface area contributed by atoms with Gasteiger partial charge in [-0.05, 0) is 48.6 Å². The summed E-state index contributed by atoms with van der Waals surface area (Å²) in [6, 6.07) is 17.1. The van der Waals surface area contributed by atoms with E-state index >= 15 is 0 Å². The smallest absolute Gasteiger partial charge is 0.101 e. The normalized spacial score (nSPS) is 14.3. The van der Waals surface area contributed by atoms with E-state index in [1.54, 1.807) is 0 Å².